The van der Waals surface area contributed by atoms with E-state index in [4.69, 9.17) is 4.74 Å². The molecule has 0 aliphatic rings. The number of carbonyl (C=O) groups excluding carboxylic acids is 1. The lowest BCUT2D eigenvalue weighted by molar-refractivity contribution is -0.116. The summed E-state index contributed by atoms with van der Waals surface area (Å²) >= 11 is 0. The summed E-state index contributed by atoms with van der Waals surface area (Å²) in [6.45, 7) is -0.375. The lowest BCUT2D eigenvalue weighted by Crippen LogP contribution is -2.33. The summed E-state index contributed by atoms with van der Waals surface area (Å²) in [6, 6.07) is 12.9. The number of nitrogens with one attached hydrogen (secondary N) is 1. The molecule has 2 rings (SSSR count). The number of benzene rings is 2. The van der Waals surface area contributed by atoms with Crippen molar-refractivity contribution in [3.63, 3.8) is 0 Å². The lowest BCUT2D eigenvalue weighted by atomic mass is 10.0. The standard InChI is InChI=1S/C23H28F2N2O3/c1-5-16-6-10-18(11-7-16)19(27(2)3)15-26-22(28)13-9-17-8-12-20(30-23(24)25)21(14-17)29-4/h6-14,19,23H,5,15H2,1-4H3,(H,26,28)/b13-9+. The van der Waals surface area contributed by atoms with Crippen molar-refractivity contribution in [1.29, 1.82) is 0 Å². The second kappa shape index (κ2) is 11.3. The number of ether oxygens (including phenoxy) is 2. The SMILES string of the molecule is CCc1ccc(C(CNC(=O)/C=C/c2ccc(OC(F)F)c(OC)c2)N(C)C)cc1. The quantitative estimate of drug-likeness (QED) is 0.585. The molecule has 0 heterocycles. The Hall–Kier alpha value is -2.93. The van der Waals surface area contributed by atoms with E-state index >= 15 is 0 Å². The molecule has 2 aromatic rings. The number of rotatable bonds is 10. The molecular formula is C23H28F2N2O3. The summed E-state index contributed by atoms with van der Waals surface area (Å²) in [7, 11) is 5.30. The predicted octanol–water partition coefficient (Wildman–Crippen LogP) is 4.29. The zero-order chi connectivity index (χ0) is 22.1. The van der Waals surface area contributed by atoms with Crippen molar-refractivity contribution in [2.24, 2.45) is 0 Å². The molecule has 0 aliphatic carbocycles. The van der Waals surface area contributed by atoms with E-state index in [0.717, 1.165) is 12.0 Å². The highest BCUT2D eigenvalue weighted by Gasteiger charge is 2.15. The van der Waals surface area contributed by atoms with Gasteiger partial charge in [-0.25, -0.2) is 0 Å². The molecular weight excluding hydrogens is 390 g/mol. The second-order valence-corrected chi connectivity index (χ2v) is 6.94. The molecule has 7 heteroatoms. The van der Waals surface area contributed by atoms with Crippen molar-refractivity contribution in [2.45, 2.75) is 26.0 Å². The third kappa shape index (κ3) is 6.84. The molecule has 2 aromatic carbocycles. The molecule has 30 heavy (non-hydrogen) atoms. The molecule has 0 saturated carbocycles. The minimum absolute atomic E-state index is 0.0409. The van der Waals surface area contributed by atoms with Gasteiger partial charge in [-0.1, -0.05) is 37.3 Å². The Bertz CT molecular complexity index is 852. The first-order valence-corrected chi connectivity index (χ1v) is 9.68. The smallest absolute Gasteiger partial charge is 0.387 e. The van der Waals surface area contributed by atoms with Crippen LogP contribution in [0.3, 0.4) is 0 Å². The number of carbonyl (C=O) groups is 1. The number of halogens is 2. The van der Waals surface area contributed by atoms with Gasteiger partial charge < -0.3 is 19.7 Å². The van der Waals surface area contributed by atoms with Crippen LogP contribution in [0.1, 0.15) is 29.7 Å². The molecule has 1 atom stereocenters. The largest absolute Gasteiger partial charge is 0.493 e. The van der Waals surface area contributed by atoms with E-state index in [1.807, 2.05) is 14.1 Å². The summed E-state index contributed by atoms with van der Waals surface area (Å²) in [5, 5.41) is 2.90. The summed E-state index contributed by atoms with van der Waals surface area (Å²) in [5.41, 5.74) is 3.02. The topological polar surface area (TPSA) is 50.8 Å². The fourth-order valence-electron chi connectivity index (χ4n) is 2.98. The molecule has 5 nitrogen and oxygen atoms in total. The average molecular weight is 418 g/mol. The molecule has 0 fully saturated rings. The Balaban J connectivity index is 2.00. The van der Waals surface area contributed by atoms with Crippen molar-refractivity contribution in [2.75, 3.05) is 27.7 Å². The van der Waals surface area contributed by atoms with E-state index in [2.05, 4.69) is 46.1 Å². The van der Waals surface area contributed by atoms with E-state index < -0.39 is 6.61 Å². The van der Waals surface area contributed by atoms with Gasteiger partial charge in [0.1, 0.15) is 0 Å². The van der Waals surface area contributed by atoms with Gasteiger partial charge in [0.25, 0.3) is 0 Å². The lowest BCUT2D eigenvalue weighted by Gasteiger charge is -2.25. The zero-order valence-corrected chi connectivity index (χ0v) is 17.7. The van der Waals surface area contributed by atoms with E-state index in [1.54, 1.807) is 12.1 Å². The normalized spacial score (nSPS) is 12.4. The van der Waals surface area contributed by atoms with Gasteiger partial charge in [-0.15, -0.1) is 0 Å². The molecule has 0 aromatic heterocycles. The van der Waals surface area contributed by atoms with Crippen LogP contribution in [0.5, 0.6) is 11.5 Å². The Morgan fingerprint density at radius 2 is 1.83 bits per heavy atom. The minimum atomic E-state index is -2.94. The van der Waals surface area contributed by atoms with Crippen molar-refractivity contribution >= 4 is 12.0 Å². The monoisotopic (exact) mass is 418 g/mol. The van der Waals surface area contributed by atoms with Crippen molar-refractivity contribution in [3.05, 3.63) is 65.2 Å². The van der Waals surface area contributed by atoms with Crippen LogP contribution in [0.25, 0.3) is 6.08 Å². The number of hydrogen-bond donors (Lipinski definition) is 1. The maximum absolute atomic E-state index is 12.4. The van der Waals surface area contributed by atoms with Crippen LogP contribution in [-0.4, -0.2) is 45.2 Å². The van der Waals surface area contributed by atoms with Gasteiger partial charge in [-0.3, -0.25) is 4.79 Å². The van der Waals surface area contributed by atoms with Gasteiger partial charge in [0.05, 0.1) is 13.2 Å². The molecule has 1 unspecified atom stereocenters. The maximum atomic E-state index is 12.4. The number of likely N-dealkylation sites (N-methyl/N-ethyl adjacent to an activating group) is 1. The van der Waals surface area contributed by atoms with E-state index in [1.165, 1.54) is 30.9 Å². The molecule has 1 amide bonds. The van der Waals surface area contributed by atoms with Crippen molar-refractivity contribution in [3.8, 4) is 11.5 Å². The Labute approximate surface area is 176 Å². The molecule has 162 valence electrons. The number of methoxy groups -OCH3 is 1. The van der Waals surface area contributed by atoms with Crippen molar-refractivity contribution in [1.82, 2.24) is 10.2 Å². The highest BCUT2D eigenvalue weighted by Crippen LogP contribution is 2.29. The molecule has 1 N–H and O–H groups in total. The molecule has 0 aliphatic heterocycles. The number of alkyl halides is 2. The fraction of sp³-hybridized carbons (Fsp3) is 0.348. The second-order valence-electron chi connectivity index (χ2n) is 6.94. The van der Waals surface area contributed by atoms with Gasteiger partial charge in [0.15, 0.2) is 11.5 Å². The number of aryl methyl sites for hydroxylation is 1. The Morgan fingerprint density at radius 3 is 2.40 bits per heavy atom. The highest BCUT2D eigenvalue weighted by atomic mass is 19.3. The predicted molar refractivity (Wildman–Crippen MR) is 114 cm³/mol. The van der Waals surface area contributed by atoms with Crippen LogP contribution < -0.4 is 14.8 Å². The zero-order valence-electron chi connectivity index (χ0n) is 17.7. The van der Waals surface area contributed by atoms with E-state index in [0.29, 0.717) is 12.1 Å². The first kappa shape index (κ1) is 23.3. The van der Waals surface area contributed by atoms with Gasteiger partial charge in [0, 0.05) is 12.6 Å². The first-order chi connectivity index (χ1) is 14.3. The minimum Gasteiger partial charge on any atom is -0.493 e. The number of hydrogen-bond acceptors (Lipinski definition) is 4. The molecule has 0 radical (unpaired) electrons. The highest BCUT2D eigenvalue weighted by molar-refractivity contribution is 5.91. The van der Waals surface area contributed by atoms with E-state index in [-0.39, 0.29) is 23.4 Å². The van der Waals surface area contributed by atoms with Crippen LogP contribution >= 0.6 is 0 Å². The summed E-state index contributed by atoms with van der Waals surface area (Å²) in [4.78, 5) is 14.3. The van der Waals surface area contributed by atoms with Crippen molar-refractivity contribution < 1.29 is 23.0 Å². The Kier molecular flexibility index (Phi) is 8.80. The van der Waals surface area contributed by atoms with E-state index in [9.17, 15) is 13.6 Å². The maximum Gasteiger partial charge on any atom is 0.387 e. The summed E-state index contributed by atoms with van der Waals surface area (Å²) < 4.78 is 34.3. The van der Waals surface area contributed by atoms with Gasteiger partial charge >= 0.3 is 6.61 Å². The summed E-state index contributed by atoms with van der Waals surface area (Å²) in [5.74, 6) is -0.142. The van der Waals surface area contributed by atoms with Crippen LogP contribution in [0.15, 0.2) is 48.5 Å². The van der Waals surface area contributed by atoms with Gasteiger partial charge in [0.2, 0.25) is 5.91 Å². The Morgan fingerprint density at radius 1 is 1.13 bits per heavy atom. The first-order valence-electron chi connectivity index (χ1n) is 9.68. The third-order valence-electron chi connectivity index (χ3n) is 4.70. The third-order valence-corrected chi connectivity index (χ3v) is 4.70. The van der Waals surface area contributed by atoms with Crippen LogP contribution in [-0.2, 0) is 11.2 Å². The van der Waals surface area contributed by atoms with Crippen LogP contribution in [0, 0.1) is 0 Å². The number of nitrogens with zero attached hydrogens (tertiary/aromatic N) is 1. The van der Waals surface area contributed by atoms with Crippen LogP contribution in [0.4, 0.5) is 8.78 Å². The molecule has 0 bridgehead atoms. The average Bonchev–Trinajstić information content (AvgIpc) is 2.73. The fourth-order valence-corrected chi connectivity index (χ4v) is 2.98. The number of amides is 1. The van der Waals surface area contributed by atoms with Gasteiger partial charge in [-0.05, 0) is 55.4 Å². The van der Waals surface area contributed by atoms with Gasteiger partial charge in [-0.2, -0.15) is 8.78 Å². The molecule has 0 saturated heterocycles. The molecule has 0 spiro atoms. The summed E-state index contributed by atoms with van der Waals surface area (Å²) in [6.07, 6.45) is 3.97. The van der Waals surface area contributed by atoms with Crippen LogP contribution in [0.2, 0.25) is 0 Å².